The molecule has 2 aliphatic rings. The summed E-state index contributed by atoms with van der Waals surface area (Å²) in [6.45, 7) is 2.44. The van der Waals surface area contributed by atoms with Crippen LogP contribution in [-0.2, 0) is 4.79 Å². The summed E-state index contributed by atoms with van der Waals surface area (Å²) in [7, 11) is 0. The van der Waals surface area contributed by atoms with Gasteiger partial charge in [0.2, 0.25) is 5.91 Å². The molecule has 2 atom stereocenters. The number of nitrogens with one attached hydrogen (secondary N) is 2. The summed E-state index contributed by atoms with van der Waals surface area (Å²) in [6, 6.07) is 14.9. The van der Waals surface area contributed by atoms with Crippen LogP contribution in [0.15, 0.2) is 48.5 Å². The van der Waals surface area contributed by atoms with Gasteiger partial charge < -0.3 is 20.6 Å². The van der Waals surface area contributed by atoms with E-state index in [4.69, 9.17) is 4.98 Å². The summed E-state index contributed by atoms with van der Waals surface area (Å²) >= 11 is 0. The number of phenolic OH excluding ortho intramolecular Hbond substituents is 1. The zero-order chi connectivity index (χ0) is 21.2. The SMILES string of the molecule is O=C([C@H]1C[C@H](Nc2nc(-c3ccccc3O)nc3ccccc23)CN1)N1CCCCC1. The van der Waals surface area contributed by atoms with Crippen LogP contribution in [0.1, 0.15) is 25.7 Å². The van der Waals surface area contributed by atoms with Crippen molar-refractivity contribution in [3.8, 4) is 17.1 Å². The molecule has 7 nitrogen and oxygen atoms in total. The molecule has 5 rings (SSSR count). The lowest BCUT2D eigenvalue weighted by atomic mass is 10.1. The van der Waals surface area contributed by atoms with Crippen LogP contribution in [0.2, 0.25) is 0 Å². The first kappa shape index (κ1) is 19.8. The van der Waals surface area contributed by atoms with Gasteiger partial charge in [0.05, 0.1) is 17.1 Å². The molecule has 0 aliphatic carbocycles. The number of hydrogen-bond donors (Lipinski definition) is 3. The zero-order valence-corrected chi connectivity index (χ0v) is 17.4. The highest BCUT2D eigenvalue weighted by atomic mass is 16.3. The molecular weight excluding hydrogens is 390 g/mol. The Labute approximate surface area is 181 Å². The lowest BCUT2D eigenvalue weighted by Gasteiger charge is -2.29. The molecule has 3 heterocycles. The molecule has 0 bridgehead atoms. The number of carbonyl (C=O) groups is 1. The Morgan fingerprint density at radius 2 is 1.81 bits per heavy atom. The number of aromatic nitrogens is 2. The molecule has 2 fully saturated rings. The van der Waals surface area contributed by atoms with Gasteiger partial charge in [-0.3, -0.25) is 4.79 Å². The van der Waals surface area contributed by atoms with Gasteiger partial charge >= 0.3 is 0 Å². The number of carbonyl (C=O) groups excluding carboxylic acids is 1. The van der Waals surface area contributed by atoms with Crippen LogP contribution in [0.25, 0.3) is 22.3 Å². The summed E-state index contributed by atoms with van der Waals surface area (Å²) in [4.78, 5) is 24.3. The summed E-state index contributed by atoms with van der Waals surface area (Å²) in [6.07, 6.45) is 4.13. The van der Waals surface area contributed by atoms with E-state index < -0.39 is 0 Å². The number of piperidine rings is 1. The lowest BCUT2D eigenvalue weighted by molar-refractivity contribution is -0.133. The number of fused-ring (bicyclic) bond motifs is 1. The normalized spacial score (nSPS) is 21.4. The van der Waals surface area contributed by atoms with E-state index in [2.05, 4.69) is 15.6 Å². The summed E-state index contributed by atoms with van der Waals surface area (Å²) in [5.41, 5.74) is 1.41. The predicted molar refractivity (Wildman–Crippen MR) is 121 cm³/mol. The molecule has 2 aliphatic heterocycles. The van der Waals surface area contributed by atoms with E-state index in [-0.39, 0.29) is 23.7 Å². The third kappa shape index (κ3) is 4.05. The van der Waals surface area contributed by atoms with E-state index in [1.807, 2.05) is 41.3 Å². The average molecular weight is 418 g/mol. The van der Waals surface area contributed by atoms with Crippen molar-refractivity contribution >= 4 is 22.6 Å². The zero-order valence-electron chi connectivity index (χ0n) is 17.4. The minimum atomic E-state index is -0.152. The van der Waals surface area contributed by atoms with Crippen LogP contribution in [0.5, 0.6) is 5.75 Å². The highest BCUT2D eigenvalue weighted by Gasteiger charge is 2.33. The first-order valence-corrected chi connectivity index (χ1v) is 11.0. The van der Waals surface area contributed by atoms with Gasteiger partial charge in [-0.1, -0.05) is 24.3 Å². The van der Waals surface area contributed by atoms with E-state index in [0.29, 0.717) is 17.9 Å². The monoisotopic (exact) mass is 417 g/mol. The van der Waals surface area contributed by atoms with E-state index in [0.717, 1.165) is 49.1 Å². The van der Waals surface area contributed by atoms with Crippen molar-refractivity contribution in [3.63, 3.8) is 0 Å². The van der Waals surface area contributed by atoms with E-state index in [1.54, 1.807) is 12.1 Å². The maximum absolute atomic E-state index is 12.9. The Morgan fingerprint density at radius 1 is 1.03 bits per heavy atom. The Kier molecular flexibility index (Phi) is 5.42. The number of nitrogens with zero attached hydrogens (tertiary/aromatic N) is 3. The number of aromatic hydroxyl groups is 1. The third-order valence-corrected chi connectivity index (χ3v) is 6.19. The van der Waals surface area contributed by atoms with Gasteiger partial charge in [0.1, 0.15) is 11.6 Å². The van der Waals surface area contributed by atoms with Gasteiger partial charge in [-0.05, 0) is 49.9 Å². The second-order valence-electron chi connectivity index (χ2n) is 8.35. The minimum absolute atomic E-state index is 0.0919. The summed E-state index contributed by atoms with van der Waals surface area (Å²) in [5.74, 6) is 1.57. The van der Waals surface area contributed by atoms with Crippen molar-refractivity contribution < 1.29 is 9.90 Å². The third-order valence-electron chi connectivity index (χ3n) is 6.19. The van der Waals surface area contributed by atoms with Crippen molar-refractivity contribution in [3.05, 3.63) is 48.5 Å². The lowest BCUT2D eigenvalue weighted by Crippen LogP contribution is -2.45. The van der Waals surface area contributed by atoms with E-state index >= 15 is 0 Å². The van der Waals surface area contributed by atoms with Crippen molar-refractivity contribution in [2.45, 2.75) is 37.8 Å². The maximum atomic E-state index is 12.9. The Balaban J connectivity index is 1.39. The fourth-order valence-electron chi connectivity index (χ4n) is 4.53. The van der Waals surface area contributed by atoms with E-state index in [1.165, 1.54) is 6.42 Å². The molecule has 0 saturated carbocycles. The van der Waals surface area contributed by atoms with E-state index in [9.17, 15) is 9.90 Å². The number of likely N-dealkylation sites (tertiary alicyclic amines) is 1. The molecule has 1 amide bonds. The Morgan fingerprint density at radius 3 is 2.65 bits per heavy atom. The van der Waals surface area contributed by atoms with Gasteiger partial charge in [-0.25, -0.2) is 9.97 Å². The maximum Gasteiger partial charge on any atom is 0.239 e. The number of para-hydroxylation sites is 2. The van der Waals surface area contributed by atoms with Crippen LogP contribution in [-0.4, -0.2) is 57.6 Å². The number of benzene rings is 2. The molecule has 160 valence electrons. The van der Waals surface area contributed by atoms with Gasteiger partial charge in [0.25, 0.3) is 0 Å². The second kappa shape index (κ2) is 8.51. The Hall–Kier alpha value is -3.19. The van der Waals surface area contributed by atoms with Crippen molar-refractivity contribution in [2.75, 3.05) is 25.0 Å². The smallest absolute Gasteiger partial charge is 0.239 e. The molecule has 0 radical (unpaired) electrons. The molecule has 31 heavy (non-hydrogen) atoms. The van der Waals surface area contributed by atoms with Crippen molar-refractivity contribution in [1.82, 2.24) is 20.2 Å². The standard InChI is InChI=1S/C24H27N5O2/c30-21-11-5-3-9-18(21)23-27-19-10-4-2-8-17(19)22(28-23)26-16-14-20(25-15-16)24(31)29-12-6-1-7-13-29/h2-5,8-11,16,20,25,30H,1,6-7,12-15H2,(H,26,27,28)/t16-,20+/m0/s1. The number of anilines is 1. The highest BCUT2D eigenvalue weighted by Crippen LogP contribution is 2.30. The molecular formula is C24H27N5O2. The van der Waals surface area contributed by atoms with Gasteiger partial charge in [-0.2, -0.15) is 0 Å². The van der Waals surface area contributed by atoms with Crippen LogP contribution < -0.4 is 10.6 Å². The minimum Gasteiger partial charge on any atom is -0.507 e. The highest BCUT2D eigenvalue weighted by molar-refractivity contribution is 5.91. The molecule has 1 aromatic heterocycles. The molecule has 0 unspecified atom stereocenters. The fourth-order valence-corrected chi connectivity index (χ4v) is 4.53. The largest absolute Gasteiger partial charge is 0.507 e. The van der Waals surface area contributed by atoms with Gasteiger partial charge in [-0.15, -0.1) is 0 Å². The molecule has 0 spiro atoms. The average Bonchev–Trinajstić information content (AvgIpc) is 3.28. The fraction of sp³-hybridized carbons (Fsp3) is 0.375. The van der Waals surface area contributed by atoms with Crippen molar-refractivity contribution in [1.29, 1.82) is 0 Å². The molecule has 2 saturated heterocycles. The number of amides is 1. The second-order valence-corrected chi connectivity index (χ2v) is 8.35. The number of phenols is 1. The first-order chi connectivity index (χ1) is 15.2. The predicted octanol–water partition coefficient (Wildman–Crippen LogP) is 3.16. The van der Waals surface area contributed by atoms with Gasteiger partial charge in [0, 0.05) is 31.1 Å². The quantitative estimate of drug-likeness (QED) is 0.604. The summed E-state index contributed by atoms with van der Waals surface area (Å²) < 4.78 is 0. The Bertz CT molecular complexity index is 1100. The first-order valence-electron chi connectivity index (χ1n) is 11.0. The number of rotatable bonds is 4. The van der Waals surface area contributed by atoms with Crippen LogP contribution in [0, 0.1) is 0 Å². The van der Waals surface area contributed by atoms with Crippen LogP contribution in [0.3, 0.4) is 0 Å². The number of hydrogen-bond acceptors (Lipinski definition) is 6. The topological polar surface area (TPSA) is 90.4 Å². The van der Waals surface area contributed by atoms with Crippen LogP contribution in [0.4, 0.5) is 5.82 Å². The summed E-state index contributed by atoms with van der Waals surface area (Å²) in [5, 5.41) is 18.1. The molecule has 3 N–H and O–H groups in total. The molecule has 7 heteroatoms. The van der Waals surface area contributed by atoms with Crippen LogP contribution >= 0.6 is 0 Å². The molecule has 3 aromatic rings. The molecule has 2 aromatic carbocycles. The van der Waals surface area contributed by atoms with Crippen molar-refractivity contribution in [2.24, 2.45) is 0 Å². The van der Waals surface area contributed by atoms with Gasteiger partial charge in [0.15, 0.2) is 5.82 Å².